The molecule has 0 aliphatic carbocycles. The minimum absolute atomic E-state index is 0.0286. The molecule has 1 saturated heterocycles. The van der Waals surface area contributed by atoms with Gasteiger partial charge < -0.3 is 29.0 Å². The zero-order valence-electron chi connectivity index (χ0n) is 23.5. The van der Waals surface area contributed by atoms with E-state index in [1.807, 2.05) is 27.7 Å². The van der Waals surface area contributed by atoms with Crippen molar-refractivity contribution in [1.82, 2.24) is 15.1 Å². The number of ketones is 1. The minimum Gasteiger partial charge on any atom is -0.445 e. The molecule has 1 rings (SSSR count). The molecule has 1 aliphatic rings. The highest BCUT2D eigenvalue weighted by molar-refractivity contribution is 6.48. The Morgan fingerprint density at radius 2 is 1.57 bits per heavy atom. The number of carbonyl (C=O) groups excluding carboxylic acids is 4. The summed E-state index contributed by atoms with van der Waals surface area (Å²) in [6, 6.07) is -0.330. The number of rotatable bonds is 15. The molecule has 1 fully saturated rings. The maximum atomic E-state index is 12.9. The number of amides is 3. The van der Waals surface area contributed by atoms with Gasteiger partial charge in [-0.15, -0.1) is 0 Å². The maximum Gasteiger partial charge on any atom is 0.410 e. The molecule has 0 unspecified atom stereocenters. The molecule has 37 heavy (non-hydrogen) atoms. The fourth-order valence-electron chi connectivity index (χ4n) is 4.18. The summed E-state index contributed by atoms with van der Waals surface area (Å²) in [4.78, 5) is 52.7. The summed E-state index contributed by atoms with van der Waals surface area (Å²) in [6.07, 6.45) is 2.00. The van der Waals surface area contributed by atoms with Crippen LogP contribution in [0.1, 0.15) is 40.5 Å². The molecule has 0 spiro atoms. The Hall–Kier alpha value is -2.66. The van der Waals surface area contributed by atoms with Crippen LogP contribution in [0.3, 0.4) is 0 Å². The van der Waals surface area contributed by atoms with E-state index in [9.17, 15) is 19.2 Å². The average molecular weight is 540 g/mol. The number of ether oxygens (including phenoxy) is 2. The molecule has 210 valence electrons. The van der Waals surface area contributed by atoms with Crippen LogP contribution in [0.15, 0.2) is 25.3 Å². The van der Waals surface area contributed by atoms with Gasteiger partial charge in [0.25, 0.3) is 0 Å². The third-order valence-corrected chi connectivity index (χ3v) is 7.57. The quantitative estimate of drug-likeness (QED) is 0.193. The molecule has 0 aromatic heterocycles. The SMILES string of the molecule is C=CCOC(=O)N(C)CCN(CCC(=O)C[C@H]1NC(=O)[C@@H]1[C@@](C)(O[SiH](C)C)C(C)(C)C)C(=O)OCC=C. The fraction of sp³-hybridized carbons (Fsp3) is 0.692. The third kappa shape index (κ3) is 9.30. The zero-order valence-corrected chi connectivity index (χ0v) is 24.7. The summed E-state index contributed by atoms with van der Waals surface area (Å²) >= 11 is 0. The van der Waals surface area contributed by atoms with E-state index in [0.717, 1.165) is 0 Å². The molecule has 0 aromatic carbocycles. The van der Waals surface area contributed by atoms with E-state index < -0.39 is 32.7 Å². The molecule has 11 heteroatoms. The molecule has 0 radical (unpaired) electrons. The molecule has 0 saturated carbocycles. The summed E-state index contributed by atoms with van der Waals surface area (Å²) < 4.78 is 16.5. The first kappa shape index (κ1) is 32.4. The van der Waals surface area contributed by atoms with Gasteiger partial charge in [-0.3, -0.25) is 9.59 Å². The normalized spacial score (nSPS) is 18.6. The van der Waals surface area contributed by atoms with E-state index in [0.29, 0.717) is 0 Å². The topological polar surface area (TPSA) is 114 Å². The minimum atomic E-state index is -1.47. The lowest BCUT2D eigenvalue weighted by Gasteiger charge is -2.54. The van der Waals surface area contributed by atoms with Crippen LogP contribution in [-0.4, -0.2) is 94.3 Å². The number of Topliss-reactive ketones (excluding diaryl/α,β-unsaturated/α-hetero) is 1. The summed E-state index contributed by atoms with van der Waals surface area (Å²) in [6.45, 7) is 19.8. The van der Waals surface area contributed by atoms with Gasteiger partial charge in [-0.2, -0.15) is 0 Å². The summed E-state index contributed by atoms with van der Waals surface area (Å²) in [5.41, 5.74) is -1.01. The second-order valence-corrected chi connectivity index (χ2v) is 13.1. The number of β-lactam (4-membered cyclic amide) rings is 1. The van der Waals surface area contributed by atoms with Gasteiger partial charge in [0.05, 0.1) is 17.6 Å². The van der Waals surface area contributed by atoms with E-state index in [2.05, 4.69) is 31.6 Å². The lowest BCUT2D eigenvalue weighted by molar-refractivity contribution is -0.160. The summed E-state index contributed by atoms with van der Waals surface area (Å²) in [5, 5.41) is 2.88. The lowest BCUT2D eigenvalue weighted by Crippen LogP contribution is -2.70. The van der Waals surface area contributed by atoms with Gasteiger partial charge in [-0.25, -0.2) is 9.59 Å². The van der Waals surface area contributed by atoms with Crippen molar-refractivity contribution in [1.29, 1.82) is 0 Å². The number of nitrogens with zero attached hydrogens (tertiary/aromatic N) is 2. The Bertz CT molecular complexity index is 843. The largest absolute Gasteiger partial charge is 0.445 e. The smallest absolute Gasteiger partial charge is 0.410 e. The van der Waals surface area contributed by atoms with Gasteiger partial charge in [-0.1, -0.05) is 46.1 Å². The first-order valence-electron chi connectivity index (χ1n) is 12.7. The van der Waals surface area contributed by atoms with Crippen molar-refractivity contribution in [3.8, 4) is 0 Å². The van der Waals surface area contributed by atoms with Crippen LogP contribution >= 0.6 is 0 Å². The number of hydrogen-bond donors (Lipinski definition) is 1. The highest BCUT2D eigenvalue weighted by Crippen LogP contribution is 2.45. The Morgan fingerprint density at radius 3 is 2.05 bits per heavy atom. The number of carbonyl (C=O) groups is 4. The van der Waals surface area contributed by atoms with Crippen LogP contribution in [0.4, 0.5) is 9.59 Å². The van der Waals surface area contributed by atoms with Gasteiger partial charge in [-0.05, 0) is 25.4 Å². The lowest BCUT2D eigenvalue weighted by atomic mass is 9.64. The molecule has 1 aliphatic heterocycles. The third-order valence-electron chi connectivity index (χ3n) is 6.61. The molecule has 1 heterocycles. The first-order chi connectivity index (χ1) is 17.2. The first-order valence-corrected chi connectivity index (χ1v) is 15.5. The Balaban J connectivity index is 2.82. The molecule has 3 amide bonds. The Labute approximate surface area is 223 Å². The van der Waals surface area contributed by atoms with Gasteiger partial charge in [0.1, 0.15) is 19.0 Å². The Morgan fingerprint density at radius 1 is 1.00 bits per heavy atom. The van der Waals surface area contributed by atoms with Crippen molar-refractivity contribution < 1.29 is 33.1 Å². The van der Waals surface area contributed by atoms with Gasteiger partial charge >= 0.3 is 12.2 Å². The fourth-order valence-corrected chi connectivity index (χ4v) is 5.66. The van der Waals surface area contributed by atoms with E-state index in [-0.39, 0.29) is 68.8 Å². The van der Waals surface area contributed by atoms with Crippen LogP contribution < -0.4 is 5.32 Å². The predicted octanol–water partition coefficient (Wildman–Crippen LogP) is 3.13. The Kier molecular flexibility index (Phi) is 12.5. The molecular weight excluding hydrogens is 494 g/mol. The molecule has 10 nitrogen and oxygen atoms in total. The molecule has 3 atom stereocenters. The number of nitrogens with one attached hydrogen (secondary N) is 1. The second-order valence-electron chi connectivity index (χ2n) is 10.7. The van der Waals surface area contributed by atoms with Crippen LogP contribution in [0, 0.1) is 11.3 Å². The maximum absolute atomic E-state index is 12.9. The molecule has 1 N–H and O–H groups in total. The highest BCUT2D eigenvalue weighted by atomic mass is 28.3. The summed E-state index contributed by atoms with van der Waals surface area (Å²) in [7, 11) is 0.0807. The second kappa shape index (κ2) is 14.3. The van der Waals surface area contributed by atoms with Crippen molar-refractivity contribution in [3.05, 3.63) is 25.3 Å². The molecular formula is C26H45N3O7Si. The van der Waals surface area contributed by atoms with Gasteiger partial charge in [0.2, 0.25) is 5.91 Å². The predicted molar refractivity (Wildman–Crippen MR) is 145 cm³/mol. The van der Waals surface area contributed by atoms with E-state index in [1.54, 1.807) is 7.05 Å². The molecule has 0 aromatic rings. The molecule has 0 bridgehead atoms. The van der Waals surface area contributed by atoms with Crippen LogP contribution in [0.5, 0.6) is 0 Å². The van der Waals surface area contributed by atoms with Crippen LogP contribution in [0.2, 0.25) is 13.1 Å². The zero-order chi connectivity index (χ0) is 28.4. The van der Waals surface area contributed by atoms with E-state index in [4.69, 9.17) is 13.9 Å². The monoisotopic (exact) mass is 539 g/mol. The van der Waals surface area contributed by atoms with Gasteiger partial charge in [0.15, 0.2) is 9.04 Å². The van der Waals surface area contributed by atoms with Crippen molar-refractivity contribution in [3.63, 3.8) is 0 Å². The van der Waals surface area contributed by atoms with Crippen molar-refractivity contribution >= 4 is 32.9 Å². The van der Waals surface area contributed by atoms with E-state index >= 15 is 0 Å². The highest BCUT2D eigenvalue weighted by Gasteiger charge is 2.57. The van der Waals surface area contributed by atoms with Crippen LogP contribution in [-0.2, 0) is 23.5 Å². The number of likely N-dealkylation sites (N-methyl/N-ethyl adjacent to an activating group) is 1. The summed E-state index contributed by atoms with van der Waals surface area (Å²) in [5.74, 6) is -0.630. The van der Waals surface area contributed by atoms with Gasteiger partial charge in [0, 0.05) is 39.5 Å². The van der Waals surface area contributed by atoms with Crippen LogP contribution in [0.25, 0.3) is 0 Å². The van der Waals surface area contributed by atoms with Crippen molar-refractivity contribution in [2.75, 3.05) is 39.9 Å². The van der Waals surface area contributed by atoms with E-state index in [1.165, 1.54) is 22.0 Å². The van der Waals surface area contributed by atoms with Crippen molar-refractivity contribution in [2.45, 2.75) is 65.3 Å². The number of hydrogen-bond acceptors (Lipinski definition) is 7. The average Bonchev–Trinajstić information content (AvgIpc) is 2.78. The van der Waals surface area contributed by atoms with Crippen molar-refractivity contribution in [2.24, 2.45) is 11.3 Å². The standard InChI is InChI=1S/C26H45N3O7Si/c1-10-16-34-23(32)28(7)14-15-29(24(33)35-17-11-2)13-12-19(30)18-20-21(22(31)27-20)26(6,25(3,4)5)36-37(8)9/h10-11,20-21,37H,1-2,12-18H2,3-9H3,(H,27,31)/t20-,21-,26-/m1/s1.